The summed E-state index contributed by atoms with van der Waals surface area (Å²) in [4.78, 5) is 11.6. The van der Waals surface area contributed by atoms with Crippen molar-refractivity contribution in [2.45, 2.75) is 12.8 Å². The Labute approximate surface area is 80.5 Å². The Morgan fingerprint density at radius 3 is 3.00 bits per heavy atom. The number of rotatable bonds is 3. The van der Waals surface area contributed by atoms with Crippen LogP contribution in [0.1, 0.15) is 17.7 Å². The quantitative estimate of drug-likeness (QED) is 0.575. The highest BCUT2D eigenvalue weighted by molar-refractivity contribution is 7.10. The average molecular weight is 200 g/mol. The molecular formula is C8H12N2O2S. The standard InChI is InChI=1S/C8H12N2O2S/c1-6(5-10(12)8(9)11)7-3-2-4-13-7/h2-4,6,12H,5H2,1H3,(H2,9,11). The van der Waals surface area contributed by atoms with Crippen molar-refractivity contribution in [2.75, 3.05) is 6.54 Å². The number of amides is 2. The smallest absolute Gasteiger partial charge is 0.338 e. The fourth-order valence-corrected chi connectivity index (χ4v) is 1.79. The summed E-state index contributed by atoms with van der Waals surface area (Å²) in [6.07, 6.45) is 0. The van der Waals surface area contributed by atoms with Gasteiger partial charge >= 0.3 is 6.03 Å². The lowest BCUT2D eigenvalue weighted by Crippen LogP contribution is -2.35. The van der Waals surface area contributed by atoms with Crippen LogP contribution >= 0.6 is 11.3 Å². The van der Waals surface area contributed by atoms with Gasteiger partial charge in [0.2, 0.25) is 0 Å². The SMILES string of the molecule is CC(CN(O)C(N)=O)c1cccs1. The molecule has 0 aliphatic carbocycles. The van der Waals surface area contributed by atoms with Crippen LogP contribution in [0.2, 0.25) is 0 Å². The summed E-state index contributed by atoms with van der Waals surface area (Å²) in [6.45, 7) is 2.16. The summed E-state index contributed by atoms with van der Waals surface area (Å²) in [6, 6.07) is 3.08. The van der Waals surface area contributed by atoms with Crippen LogP contribution in [0.4, 0.5) is 4.79 Å². The van der Waals surface area contributed by atoms with Crippen molar-refractivity contribution in [3.05, 3.63) is 22.4 Å². The van der Waals surface area contributed by atoms with Gasteiger partial charge in [0.15, 0.2) is 0 Å². The van der Waals surface area contributed by atoms with Crippen LogP contribution < -0.4 is 5.73 Å². The number of carbonyl (C=O) groups excluding carboxylic acids is 1. The molecule has 5 heteroatoms. The molecule has 0 aromatic carbocycles. The number of primary amides is 1. The topological polar surface area (TPSA) is 66.6 Å². The Hall–Kier alpha value is -1.07. The fourth-order valence-electron chi connectivity index (χ4n) is 1.01. The van der Waals surface area contributed by atoms with Gasteiger partial charge in [-0.1, -0.05) is 13.0 Å². The highest BCUT2D eigenvalue weighted by Gasteiger charge is 2.13. The van der Waals surface area contributed by atoms with Gasteiger partial charge in [0.05, 0.1) is 6.54 Å². The molecule has 1 aromatic rings. The van der Waals surface area contributed by atoms with Crippen LogP contribution in [0.3, 0.4) is 0 Å². The minimum absolute atomic E-state index is 0.109. The van der Waals surface area contributed by atoms with Crippen molar-refractivity contribution >= 4 is 17.4 Å². The summed E-state index contributed by atoms with van der Waals surface area (Å²) in [5.74, 6) is 0.109. The van der Waals surface area contributed by atoms with Gasteiger partial charge in [0.25, 0.3) is 0 Å². The molecule has 13 heavy (non-hydrogen) atoms. The van der Waals surface area contributed by atoms with E-state index in [1.165, 1.54) is 0 Å². The molecule has 0 aliphatic heterocycles. The molecule has 0 saturated heterocycles. The Balaban J connectivity index is 2.51. The van der Waals surface area contributed by atoms with E-state index in [0.717, 1.165) is 4.88 Å². The average Bonchev–Trinajstić information content (AvgIpc) is 2.55. The summed E-state index contributed by atoms with van der Waals surface area (Å²) in [5, 5.41) is 11.5. The van der Waals surface area contributed by atoms with E-state index in [9.17, 15) is 4.79 Å². The van der Waals surface area contributed by atoms with Crippen LogP contribution in [0.5, 0.6) is 0 Å². The maximum atomic E-state index is 10.5. The number of thiophene rings is 1. The predicted octanol–water partition coefficient (Wildman–Crippen LogP) is 1.62. The molecule has 1 rings (SSSR count). The zero-order valence-corrected chi connectivity index (χ0v) is 8.12. The van der Waals surface area contributed by atoms with Crippen molar-refractivity contribution in [1.82, 2.24) is 5.06 Å². The van der Waals surface area contributed by atoms with Gasteiger partial charge in [0, 0.05) is 10.8 Å². The minimum Gasteiger partial charge on any atom is -0.350 e. The Kier molecular flexibility index (Phi) is 3.27. The van der Waals surface area contributed by atoms with Crippen LogP contribution in [0.15, 0.2) is 17.5 Å². The van der Waals surface area contributed by atoms with E-state index in [-0.39, 0.29) is 12.5 Å². The molecule has 1 heterocycles. The van der Waals surface area contributed by atoms with E-state index in [1.807, 2.05) is 24.4 Å². The van der Waals surface area contributed by atoms with Crippen molar-refractivity contribution in [2.24, 2.45) is 5.73 Å². The highest BCUT2D eigenvalue weighted by atomic mass is 32.1. The summed E-state index contributed by atoms with van der Waals surface area (Å²) in [7, 11) is 0. The zero-order chi connectivity index (χ0) is 9.84. The van der Waals surface area contributed by atoms with Crippen molar-refractivity contribution in [3.63, 3.8) is 0 Å². The Bertz CT molecular complexity index is 274. The summed E-state index contributed by atoms with van der Waals surface area (Å²) >= 11 is 1.59. The van der Waals surface area contributed by atoms with E-state index in [2.05, 4.69) is 0 Å². The predicted molar refractivity (Wildman–Crippen MR) is 50.8 cm³/mol. The van der Waals surface area contributed by atoms with Gasteiger partial charge in [-0.3, -0.25) is 5.21 Å². The highest BCUT2D eigenvalue weighted by Crippen LogP contribution is 2.20. The lowest BCUT2D eigenvalue weighted by molar-refractivity contribution is -0.0425. The van der Waals surface area contributed by atoms with Crippen molar-refractivity contribution in [1.29, 1.82) is 0 Å². The lowest BCUT2D eigenvalue weighted by Gasteiger charge is -2.16. The van der Waals surface area contributed by atoms with Crippen LogP contribution in [-0.4, -0.2) is 22.8 Å². The van der Waals surface area contributed by atoms with E-state index in [0.29, 0.717) is 5.06 Å². The largest absolute Gasteiger partial charge is 0.350 e. The van der Waals surface area contributed by atoms with E-state index in [1.54, 1.807) is 11.3 Å². The van der Waals surface area contributed by atoms with Gasteiger partial charge in [-0.2, -0.15) is 0 Å². The third-order valence-electron chi connectivity index (χ3n) is 1.73. The zero-order valence-electron chi connectivity index (χ0n) is 7.30. The Morgan fingerprint density at radius 2 is 2.54 bits per heavy atom. The monoisotopic (exact) mass is 200 g/mol. The number of urea groups is 1. The molecule has 0 radical (unpaired) electrons. The summed E-state index contributed by atoms with van der Waals surface area (Å²) in [5.41, 5.74) is 4.88. The third-order valence-corrected chi connectivity index (χ3v) is 2.83. The number of nitrogens with two attached hydrogens (primary N) is 1. The van der Waals surface area contributed by atoms with Crippen LogP contribution in [0, 0.1) is 0 Å². The molecule has 3 N–H and O–H groups in total. The first-order valence-corrected chi connectivity index (χ1v) is 4.78. The van der Waals surface area contributed by atoms with Crippen LogP contribution in [0.25, 0.3) is 0 Å². The maximum Gasteiger partial charge on any atom is 0.338 e. The second-order valence-corrected chi connectivity index (χ2v) is 3.82. The number of hydrogen-bond donors (Lipinski definition) is 2. The van der Waals surface area contributed by atoms with E-state index >= 15 is 0 Å². The first-order valence-electron chi connectivity index (χ1n) is 3.90. The normalized spacial score (nSPS) is 12.5. The molecule has 72 valence electrons. The van der Waals surface area contributed by atoms with Gasteiger partial charge < -0.3 is 5.73 Å². The van der Waals surface area contributed by atoms with Gasteiger partial charge in [-0.25, -0.2) is 9.86 Å². The molecule has 0 spiro atoms. The van der Waals surface area contributed by atoms with Gasteiger partial charge in [0.1, 0.15) is 0 Å². The molecule has 0 fully saturated rings. The van der Waals surface area contributed by atoms with Gasteiger partial charge in [-0.15, -0.1) is 11.3 Å². The fraction of sp³-hybridized carbons (Fsp3) is 0.375. The number of hydrogen-bond acceptors (Lipinski definition) is 3. The van der Waals surface area contributed by atoms with Crippen molar-refractivity contribution < 1.29 is 10.0 Å². The number of carbonyl (C=O) groups is 1. The maximum absolute atomic E-state index is 10.5. The molecule has 4 nitrogen and oxygen atoms in total. The lowest BCUT2D eigenvalue weighted by atomic mass is 10.1. The van der Waals surface area contributed by atoms with E-state index < -0.39 is 6.03 Å². The minimum atomic E-state index is -0.816. The number of hydroxylamine groups is 2. The molecule has 0 bridgehead atoms. The summed E-state index contributed by atoms with van der Waals surface area (Å²) < 4.78 is 0. The Morgan fingerprint density at radius 1 is 1.85 bits per heavy atom. The second kappa shape index (κ2) is 4.25. The first kappa shape index (κ1) is 10.0. The molecule has 2 amide bonds. The third kappa shape index (κ3) is 2.71. The second-order valence-electron chi connectivity index (χ2n) is 2.84. The molecule has 1 atom stereocenters. The van der Waals surface area contributed by atoms with E-state index in [4.69, 9.17) is 10.9 Å². The van der Waals surface area contributed by atoms with Crippen molar-refractivity contribution in [3.8, 4) is 0 Å². The molecule has 0 saturated carbocycles. The van der Waals surface area contributed by atoms with Gasteiger partial charge in [-0.05, 0) is 11.4 Å². The molecular weight excluding hydrogens is 188 g/mol. The first-order chi connectivity index (χ1) is 6.11. The number of nitrogens with zero attached hydrogens (tertiary/aromatic N) is 1. The molecule has 1 unspecified atom stereocenters. The molecule has 0 aliphatic rings. The molecule has 1 aromatic heterocycles. The van der Waals surface area contributed by atoms with Crippen LogP contribution in [-0.2, 0) is 0 Å².